The maximum absolute atomic E-state index is 12.9. The molecular weight excluding hydrogens is 557 g/mol. The van der Waals surface area contributed by atoms with Crippen molar-refractivity contribution in [3.05, 3.63) is 76.0 Å². The number of ether oxygens (including phenoxy) is 1. The molecule has 3 aromatic rings. The molecule has 214 valence electrons. The van der Waals surface area contributed by atoms with Crippen molar-refractivity contribution in [1.82, 2.24) is 20.5 Å². The predicted octanol–water partition coefficient (Wildman–Crippen LogP) is 5.52. The van der Waals surface area contributed by atoms with Gasteiger partial charge in [0.05, 0.1) is 36.1 Å². The number of amides is 2. The van der Waals surface area contributed by atoms with Crippen LogP contribution >= 0.6 is 23.1 Å². The largest absolute Gasteiger partial charge is 0.496 e. The molecule has 2 aliphatic rings. The first-order valence-electron chi connectivity index (χ1n) is 13.9. The number of hydrogen-bond acceptors (Lipinski definition) is 9. The number of nitrogens with one attached hydrogen (secondary N) is 2. The molecule has 0 spiro atoms. The summed E-state index contributed by atoms with van der Waals surface area (Å²) in [6.07, 6.45) is 9.02. The normalized spacial score (nSPS) is 20.8. The fourth-order valence-corrected chi connectivity index (χ4v) is 7.21. The standard InChI is InChI=1S/C30H34N6O3S2/c1-19-13-14-27(33-25(37)17-20-8-3-4-12-24(20)39-2)40-28(32-19)21-9-7-10-22(16-21)29-35-36-30(41-29)34-26(38)18-23-11-5-6-15-31-23/h3-6,8,11-12,14-15,19,21-22H,7,9-10,13,16-18H2,1-2H3,(H,33,37)(H,34,36,38). The summed E-state index contributed by atoms with van der Waals surface area (Å²) in [7, 11) is 1.62. The maximum Gasteiger partial charge on any atom is 0.232 e. The molecule has 3 heterocycles. The molecule has 0 radical (unpaired) electrons. The van der Waals surface area contributed by atoms with Crippen LogP contribution in [0.3, 0.4) is 0 Å². The Labute approximate surface area is 248 Å². The topological polar surface area (TPSA) is 118 Å². The highest BCUT2D eigenvalue weighted by atomic mass is 32.2. The van der Waals surface area contributed by atoms with Crippen LogP contribution in [0.4, 0.5) is 5.13 Å². The fraction of sp³-hybridized carbons (Fsp3) is 0.400. The minimum absolute atomic E-state index is 0.0739. The van der Waals surface area contributed by atoms with Crippen LogP contribution in [-0.4, -0.2) is 45.2 Å². The maximum atomic E-state index is 12.9. The molecule has 9 nitrogen and oxygen atoms in total. The molecule has 2 N–H and O–H groups in total. The number of rotatable bonds is 9. The number of nitrogens with zero attached hydrogens (tertiary/aromatic N) is 4. The molecule has 11 heteroatoms. The number of benzene rings is 1. The van der Waals surface area contributed by atoms with Gasteiger partial charge in [0.1, 0.15) is 10.8 Å². The van der Waals surface area contributed by atoms with Crippen LogP contribution in [0.1, 0.15) is 61.2 Å². The molecule has 0 bridgehead atoms. The van der Waals surface area contributed by atoms with Gasteiger partial charge in [-0.05, 0) is 50.8 Å². The Kier molecular flexibility index (Phi) is 9.79. The Morgan fingerprint density at radius 1 is 1.00 bits per heavy atom. The van der Waals surface area contributed by atoms with Crippen molar-refractivity contribution in [2.45, 2.75) is 63.8 Å². The zero-order valence-electron chi connectivity index (χ0n) is 23.2. The van der Waals surface area contributed by atoms with Crippen molar-refractivity contribution in [3.8, 4) is 5.75 Å². The molecule has 1 aliphatic carbocycles. The van der Waals surface area contributed by atoms with Gasteiger partial charge in [-0.2, -0.15) is 0 Å². The second kappa shape index (κ2) is 13.9. The first kappa shape index (κ1) is 28.9. The van der Waals surface area contributed by atoms with Crippen molar-refractivity contribution in [2.24, 2.45) is 10.9 Å². The third kappa shape index (κ3) is 8.01. The number of thioether (sulfide) groups is 1. The quantitative estimate of drug-likeness (QED) is 0.337. The highest BCUT2D eigenvalue weighted by molar-refractivity contribution is 8.17. The smallest absolute Gasteiger partial charge is 0.232 e. The lowest BCUT2D eigenvalue weighted by atomic mass is 9.82. The average molecular weight is 591 g/mol. The molecule has 1 aromatic carbocycles. The summed E-state index contributed by atoms with van der Waals surface area (Å²) in [6, 6.07) is 13.2. The van der Waals surface area contributed by atoms with Crippen LogP contribution in [0.2, 0.25) is 0 Å². The minimum Gasteiger partial charge on any atom is -0.496 e. The van der Waals surface area contributed by atoms with Crippen molar-refractivity contribution in [2.75, 3.05) is 12.4 Å². The molecule has 0 saturated heterocycles. The van der Waals surface area contributed by atoms with E-state index in [1.807, 2.05) is 42.5 Å². The van der Waals surface area contributed by atoms with Crippen LogP contribution in [0, 0.1) is 5.92 Å². The summed E-state index contributed by atoms with van der Waals surface area (Å²) in [4.78, 5) is 34.6. The second-order valence-electron chi connectivity index (χ2n) is 10.3. The number of methoxy groups -OCH3 is 1. The molecule has 3 unspecified atom stereocenters. The van der Waals surface area contributed by atoms with Crippen LogP contribution in [0.25, 0.3) is 0 Å². The molecule has 2 amide bonds. The lowest BCUT2D eigenvalue weighted by Crippen LogP contribution is -2.26. The van der Waals surface area contributed by atoms with E-state index in [1.54, 1.807) is 25.1 Å². The average Bonchev–Trinajstić information content (AvgIpc) is 3.36. The molecular formula is C30H34N6O3S2. The van der Waals surface area contributed by atoms with E-state index in [1.165, 1.54) is 11.3 Å². The molecule has 41 heavy (non-hydrogen) atoms. The van der Waals surface area contributed by atoms with E-state index >= 15 is 0 Å². The Morgan fingerprint density at radius 3 is 2.63 bits per heavy atom. The van der Waals surface area contributed by atoms with E-state index in [0.29, 0.717) is 16.6 Å². The Bertz CT molecular complexity index is 1420. The van der Waals surface area contributed by atoms with Crippen molar-refractivity contribution in [3.63, 3.8) is 0 Å². The Balaban J connectivity index is 1.19. The number of pyridine rings is 1. The van der Waals surface area contributed by atoms with Gasteiger partial charge < -0.3 is 15.4 Å². The van der Waals surface area contributed by atoms with E-state index < -0.39 is 0 Å². The highest BCUT2D eigenvalue weighted by Crippen LogP contribution is 2.41. The van der Waals surface area contributed by atoms with Crippen LogP contribution in [0.5, 0.6) is 5.75 Å². The summed E-state index contributed by atoms with van der Waals surface area (Å²) < 4.78 is 5.41. The summed E-state index contributed by atoms with van der Waals surface area (Å²) in [5.74, 6) is 1.01. The number of carbonyl (C=O) groups excluding carboxylic acids is 2. The van der Waals surface area contributed by atoms with Gasteiger partial charge in [-0.1, -0.05) is 59.9 Å². The molecule has 3 atom stereocenters. The molecule has 1 aliphatic heterocycles. The summed E-state index contributed by atoms with van der Waals surface area (Å²) >= 11 is 3.02. The Morgan fingerprint density at radius 2 is 1.80 bits per heavy atom. The van der Waals surface area contributed by atoms with E-state index in [2.05, 4.69) is 38.8 Å². The van der Waals surface area contributed by atoms with Gasteiger partial charge in [-0.3, -0.25) is 19.6 Å². The van der Waals surface area contributed by atoms with Gasteiger partial charge in [-0.25, -0.2) is 0 Å². The van der Waals surface area contributed by atoms with Gasteiger partial charge in [-0.15, -0.1) is 10.2 Å². The lowest BCUT2D eigenvalue weighted by Gasteiger charge is -2.28. The summed E-state index contributed by atoms with van der Waals surface area (Å²) in [6.45, 7) is 2.11. The first-order chi connectivity index (χ1) is 20.0. The van der Waals surface area contributed by atoms with Gasteiger partial charge in [0, 0.05) is 29.3 Å². The van der Waals surface area contributed by atoms with E-state index in [4.69, 9.17) is 9.73 Å². The van der Waals surface area contributed by atoms with Crippen LogP contribution < -0.4 is 15.4 Å². The SMILES string of the molecule is COc1ccccc1CC(=O)NC1=CCC(C)N=C(C2CCCC(c3nnc(NC(=O)Cc4ccccn4)s3)C2)S1. The minimum atomic E-state index is -0.154. The lowest BCUT2D eigenvalue weighted by molar-refractivity contribution is -0.119. The van der Waals surface area contributed by atoms with E-state index in [-0.39, 0.29) is 42.5 Å². The third-order valence-corrected chi connectivity index (χ3v) is 9.28. The number of hydrogen-bond donors (Lipinski definition) is 2. The van der Waals surface area contributed by atoms with Crippen LogP contribution in [0.15, 0.2) is 64.8 Å². The van der Waals surface area contributed by atoms with Gasteiger partial charge >= 0.3 is 0 Å². The highest BCUT2D eigenvalue weighted by Gasteiger charge is 2.31. The first-order valence-corrected chi connectivity index (χ1v) is 15.5. The van der Waals surface area contributed by atoms with Crippen molar-refractivity contribution >= 4 is 45.1 Å². The Hall–Kier alpha value is -3.57. The number of carbonyl (C=O) groups is 2. The molecule has 2 aromatic heterocycles. The van der Waals surface area contributed by atoms with Gasteiger partial charge in [0.15, 0.2) is 0 Å². The number of aromatic nitrogens is 3. The predicted molar refractivity (Wildman–Crippen MR) is 163 cm³/mol. The molecule has 1 saturated carbocycles. The third-order valence-electron chi connectivity index (χ3n) is 7.14. The van der Waals surface area contributed by atoms with Crippen LogP contribution in [-0.2, 0) is 22.4 Å². The monoisotopic (exact) mass is 590 g/mol. The fourth-order valence-electron chi connectivity index (χ4n) is 5.12. The van der Waals surface area contributed by atoms with Gasteiger partial charge in [0.25, 0.3) is 0 Å². The molecule has 5 rings (SSSR count). The van der Waals surface area contributed by atoms with Gasteiger partial charge in [0.2, 0.25) is 16.9 Å². The van der Waals surface area contributed by atoms with E-state index in [0.717, 1.165) is 52.7 Å². The second-order valence-corrected chi connectivity index (χ2v) is 12.4. The zero-order valence-corrected chi connectivity index (χ0v) is 24.8. The van der Waals surface area contributed by atoms with Crippen molar-refractivity contribution < 1.29 is 14.3 Å². The van der Waals surface area contributed by atoms with E-state index in [9.17, 15) is 9.59 Å². The molecule has 1 fully saturated rings. The number of anilines is 1. The number of para-hydroxylation sites is 1. The zero-order chi connectivity index (χ0) is 28.6. The number of aliphatic imine (C=N–C) groups is 1. The summed E-state index contributed by atoms with van der Waals surface area (Å²) in [5, 5.41) is 18.0. The van der Waals surface area contributed by atoms with Crippen molar-refractivity contribution in [1.29, 1.82) is 0 Å². The summed E-state index contributed by atoms with van der Waals surface area (Å²) in [5.41, 5.74) is 1.57.